The molecule has 0 saturated heterocycles. The van der Waals surface area contributed by atoms with Crippen molar-refractivity contribution in [2.75, 3.05) is 5.73 Å². The second-order valence-corrected chi connectivity index (χ2v) is 2.25. The van der Waals surface area contributed by atoms with Crippen LogP contribution in [-0.2, 0) is 11.2 Å². The summed E-state index contributed by atoms with van der Waals surface area (Å²) in [4.78, 5) is 10.1. The van der Waals surface area contributed by atoms with E-state index < -0.39 is 5.97 Å². The fourth-order valence-corrected chi connectivity index (χ4v) is 0.710. The minimum Gasteiger partial charge on any atom is -0.481 e. The van der Waals surface area contributed by atoms with Crippen LogP contribution >= 0.6 is 11.6 Å². The van der Waals surface area contributed by atoms with Crippen LogP contribution in [0.1, 0.15) is 5.76 Å². The van der Waals surface area contributed by atoms with Gasteiger partial charge in [-0.25, -0.2) is 0 Å². The largest absolute Gasteiger partial charge is 0.481 e. The number of nitrogens with two attached hydrogens (primary N) is 1. The predicted molar refractivity (Wildman–Crippen MR) is 37.3 cm³/mol. The van der Waals surface area contributed by atoms with Crippen LogP contribution in [-0.4, -0.2) is 16.2 Å². The average Bonchev–Trinajstić information content (AvgIpc) is 2.18. The van der Waals surface area contributed by atoms with Crippen LogP contribution in [0.25, 0.3) is 0 Å². The van der Waals surface area contributed by atoms with Gasteiger partial charge in [-0.15, -0.1) is 0 Å². The van der Waals surface area contributed by atoms with Gasteiger partial charge in [-0.3, -0.25) is 4.79 Å². The summed E-state index contributed by atoms with van der Waals surface area (Å²) >= 11 is 5.51. The third-order valence-corrected chi connectivity index (χ3v) is 1.44. The first kappa shape index (κ1) is 7.87. The minimum atomic E-state index is -1.04. The van der Waals surface area contributed by atoms with Gasteiger partial charge in [-0.1, -0.05) is 16.8 Å². The van der Waals surface area contributed by atoms with Crippen molar-refractivity contribution < 1.29 is 14.4 Å². The standard InChI is InChI=1S/C5H5ClN2O3/c6-4-2(1-3(9)10)11-8-5(4)7/h1H2,(H2,7,8)(H,9,10). The highest BCUT2D eigenvalue weighted by atomic mass is 35.5. The van der Waals surface area contributed by atoms with Crippen molar-refractivity contribution in [2.45, 2.75) is 6.42 Å². The third kappa shape index (κ3) is 1.62. The van der Waals surface area contributed by atoms with E-state index >= 15 is 0 Å². The van der Waals surface area contributed by atoms with Gasteiger partial charge >= 0.3 is 5.97 Å². The highest BCUT2D eigenvalue weighted by molar-refractivity contribution is 6.33. The summed E-state index contributed by atoms with van der Waals surface area (Å²) in [6.07, 6.45) is -0.303. The molecule has 5 nitrogen and oxygen atoms in total. The van der Waals surface area contributed by atoms with Gasteiger partial charge in [0.15, 0.2) is 11.6 Å². The summed E-state index contributed by atoms with van der Waals surface area (Å²) < 4.78 is 4.52. The molecule has 0 saturated carbocycles. The Kier molecular flexibility index (Phi) is 2.00. The molecule has 0 radical (unpaired) electrons. The fourth-order valence-electron chi connectivity index (χ4n) is 0.574. The van der Waals surface area contributed by atoms with Gasteiger partial charge in [0, 0.05) is 0 Å². The van der Waals surface area contributed by atoms with Crippen LogP contribution in [0.3, 0.4) is 0 Å². The lowest BCUT2D eigenvalue weighted by atomic mass is 10.3. The Morgan fingerprint density at radius 2 is 2.45 bits per heavy atom. The third-order valence-electron chi connectivity index (χ3n) is 1.04. The maximum absolute atomic E-state index is 10.1. The summed E-state index contributed by atoms with van der Waals surface area (Å²) in [5.74, 6) is -0.942. The highest BCUT2D eigenvalue weighted by Gasteiger charge is 2.13. The minimum absolute atomic E-state index is 0.0166. The molecule has 3 N–H and O–H groups in total. The molecule has 1 aromatic rings. The first-order valence-electron chi connectivity index (χ1n) is 2.72. The van der Waals surface area contributed by atoms with Gasteiger partial charge < -0.3 is 15.4 Å². The fraction of sp³-hybridized carbons (Fsp3) is 0.200. The lowest BCUT2D eigenvalue weighted by Gasteiger charge is -1.87. The second kappa shape index (κ2) is 2.79. The maximum Gasteiger partial charge on any atom is 0.311 e. The Balaban J connectivity index is 2.87. The molecule has 60 valence electrons. The molecule has 6 heteroatoms. The van der Waals surface area contributed by atoms with Crippen LogP contribution in [0.2, 0.25) is 5.02 Å². The molecule has 1 aromatic heterocycles. The molecule has 0 aliphatic carbocycles. The summed E-state index contributed by atoms with van der Waals surface area (Å²) in [6.45, 7) is 0. The van der Waals surface area contributed by atoms with E-state index in [9.17, 15) is 4.79 Å². The lowest BCUT2D eigenvalue weighted by Crippen LogP contribution is -1.99. The Morgan fingerprint density at radius 1 is 1.82 bits per heavy atom. The number of carboxylic acid groups (broad SMARTS) is 1. The molecule has 0 amide bonds. The number of anilines is 1. The van der Waals surface area contributed by atoms with E-state index in [-0.39, 0.29) is 23.0 Å². The van der Waals surface area contributed by atoms with Crippen molar-refractivity contribution >= 4 is 23.4 Å². The SMILES string of the molecule is Nc1noc(CC(=O)O)c1Cl. The molecular formula is C5H5ClN2O3. The molecule has 0 spiro atoms. The van der Waals surface area contributed by atoms with E-state index in [1.807, 2.05) is 0 Å². The Labute approximate surface area is 66.7 Å². The van der Waals surface area contributed by atoms with Crippen LogP contribution in [0.4, 0.5) is 5.82 Å². The van der Waals surface area contributed by atoms with Crippen LogP contribution < -0.4 is 5.73 Å². The lowest BCUT2D eigenvalue weighted by molar-refractivity contribution is -0.136. The molecule has 11 heavy (non-hydrogen) atoms. The number of aromatic nitrogens is 1. The van der Waals surface area contributed by atoms with Gasteiger partial charge in [0.05, 0.1) is 0 Å². The van der Waals surface area contributed by atoms with Gasteiger partial charge in [-0.05, 0) is 0 Å². The average molecular weight is 177 g/mol. The van der Waals surface area contributed by atoms with Gasteiger partial charge in [0.25, 0.3) is 0 Å². The van der Waals surface area contributed by atoms with E-state index in [0.717, 1.165) is 0 Å². The van der Waals surface area contributed by atoms with E-state index in [1.54, 1.807) is 0 Å². The number of carboxylic acids is 1. The Hall–Kier alpha value is -1.23. The number of hydrogen-bond donors (Lipinski definition) is 2. The monoisotopic (exact) mass is 176 g/mol. The number of aliphatic carboxylic acids is 1. The van der Waals surface area contributed by atoms with Crippen molar-refractivity contribution in [2.24, 2.45) is 0 Å². The molecule has 0 aliphatic rings. The Bertz CT molecular complexity index is 283. The zero-order chi connectivity index (χ0) is 8.43. The number of nitrogens with zero attached hydrogens (tertiary/aromatic N) is 1. The summed E-state index contributed by atoms with van der Waals surface area (Å²) in [5.41, 5.74) is 5.19. The van der Waals surface area contributed by atoms with Crippen molar-refractivity contribution in [3.63, 3.8) is 0 Å². The second-order valence-electron chi connectivity index (χ2n) is 1.88. The van der Waals surface area contributed by atoms with E-state index in [0.29, 0.717) is 0 Å². The smallest absolute Gasteiger partial charge is 0.311 e. The summed E-state index contributed by atoms with van der Waals surface area (Å²) in [6, 6.07) is 0. The van der Waals surface area contributed by atoms with Crippen LogP contribution in [0.5, 0.6) is 0 Å². The number of hydrogen-bond acceptors (Lipinski definition) is 4. The van der Waals surface area contributed by atoms with Crippen molar-refractivity contribution in [1.29, 1.82) is 0 Å². The molecule has 0 aliphatic heterocycles. The van der Waals surface area contributed by atoms with E-state index in [2.05, 4.69) is 9.68 Å². The molecule has 0 atom stereocenters. The first-order valence-corrected chi connectivity index (χ1v) is 3.10. The molecule has 0 fully saturated rings. The quantitative estimate of drug-likeness (QED) is 0.687. The number of carbonyl (C=O) groups is 1. The summed E-state index contributed by atoms with van der Waals surface area (Å²) in [5, 5.41) is 11.7. The van der Waals surface area contributed by atoms with Gasteiger partial charge in [-0.2, -0.15) is 0 Å². The van der Waals surface area contributed by atoms with Crippen molar-refractivity contribution in [1.82, 2.24) is 5.16 Å². The zero-order valence-corrected chi connectivity index (χ0v) is 6.13. The van der Waals surface area contributed by atoms with E-state index in [4.69, 9.17) is 22.4 Å². The number of nitrogen functional groups attached to an aromatic ring is 1. The summed E-state index contributed by atoms with van der Waals surface area (Å²) in [7, 11) is 0. The number of halogens is 1. The predicted octanol–water partition coefficient (Wildman–Crippen LogP) is 0.537. The number of rotatable bonds is 2. The molecule has 0 aromatic carbocycles. The van der Waals surface area contributed by atoms with Gasteiger partial charge in [0.2, 0.25) is 0 Å². The molecule has 0 unspecified atom stereocenters. The topological polar surface area (TPSA) is 89.4 Å². The van der Waals surface area contributed by atoms with Gasteiger partial charge in [0.1, 0.15) is 11.4 Å². The molecule has 1 heterocycles. The van der Waals surface area contributed by atoms with E-state index in [1.165, 1.54) is 0 Å². The maximum atomic E-state index is 10.1. The van der Waals surface area contributed by atoms with Crippen molar-refractivity contribution in [3.05, 3.63) is 10.8 Å². The first-order chi connectivity index (χ1) is 5.11. The van der Waals surface area contributed by atoms with Crippen molar-refractivity contribution in [3.8, 4) is 0 Å². The molecular weight excluding hydrogens is 172 g/mol. The van der Waals surface area contributed by atoms with Crippen LogP contribution in [0.15, 0.2) is 4.52 Å². The normalized spacial score (nSPS) is 9.91. The molecule has 0 bridgehead atoms. The Morgan fingerprint density at radius 3 is 2.82 bits per heavy atom. The zero-order valence-electron chi connectivity index (χ0n) is 5.37. The highest BCUT2D eigenvalue weighted by Crippen LogP contribution is 2.22. The molecule has 1 rings (SSSR count). The van der Waals surface area contributed by atoms with Crippen LogP contribution in [0, 0.1) is 0 Å².